The first kappa shape index (κ1) is 13.2. The quantitative estimate of drug-likeness (QED) is 0.775. The lowest BCUT2D eigenvalue weighted by Crippen LogP contribution is -1.88. The van der Waals surface area contributed by atoms with E-state index in [9.17, 15) is 0 Å². The Bertz CT molecular complexity index is 307. The summed E-state index contributed by atoms with van der Waals surface area (Å²) in [5, 5.41) is 18.1. The number of aliphatic hydroxyl groups is 2. The third-order valence-corrected chi connectivity index (χ3v) is 3.60. The van der Waals surface area contributed by atoms with E-state index < -0.39 is 0 Å². The monoisotopic (exact) mass is 264 g/mol. The Labute approximate surface area is 103 Å². The second-order valence-corrected chi connectivity index (χ2v) is 5.20. The average Bonchev–Trinajstić information content (AvgIpc) is 2.25. The van der Waals surface area contributed by atoms with Crippen LogP contribution in [0.4, 0.5) is 0 Å². The molecule has 0 bridgehead atoms. The fraction of sp³-hybridized carbons (Fsp3) is 0.400. The second kappa shape index (κ2) is 7.41. The highest BCUT2D eigenvalue weighted by atomic mass is 35.5. The summed E-state index contributed by atoms with van der Waals surface area (Å²) in [6.45, 7) is 0. The van der Waals surface area contributed by atoms with Gasteiger partial charge in [0.15, 0.2) is 0 Å². The molecule has 0 saturated heterocycles. The van der Waals surface area contributed by atoms with E-state index >= 15 is 0 Å². The molecular weight excluding hydrogens is 252 g/mol. The second-order valence-electron chi connectivity index (χ2n) is 2.88. The van der Waals surface area contributed by atoms with E-state index in [0.717, 1.165) is 27.7 Å². The van der Waals surface area contributed by atoms with Gasteiger partial charge in [-0.25, -0.2) is 0 Å². The number of halogens is 1. The van der Waals surface area contributed by atoms with Crippen LogP contribution in [0.15, 0.2) is 18.2 Å². The van der Waals surface area contributed by atoms with Gasteiger partial charge in [-0.15, -0.1) is 23.5 Å². The van der Waals surface area contributed by atoms with E-state index in [1.165, 1.54) is 23.5 Å². The minimum absolute atomic E-state index is 0.110. The van der Waals surface area contributed by atoms with Crippen LogP contribution in [0.1, 0.15) is 11.1 Å². The average molecular weight is 265 g/mol. The van der Waals surface area contributed by atoms with Crippen molar-refractivity contribution >= 4 is 35.1 Å². The third-order valence-electron chi connectivity index (χ3n) is 1.83. The van der Waals surface area contributed by atoms with Crippen LogP contribution in [0.2, 0.25) is 5.02 Å². The summed E-state index contributed by atoms with van der Waals surface area (Å²) in [7, 11) is 0. The van der Waals surface area contributed by atoms with Crippen LogP contribution in [0, 0.1) is 0 Å². The maximum atomic E-state index is 8.68. The van der Waals surface area contributed by atoms with Gasteiger partial charge in [0, 0.05) is 16.5 Å². The lowest BCUT2D eigenvalue weighted by Gasteiger charge is -2.05. The van der Waals surface area contributed by atoms with E-state index in [4.69, 9.17) is 21.8 Å². The van der Waals surface area contributed by atoms with Gasteiger partial charge in [-0.2, -0.15) is 0 Å². The fourth-order valence-corrected chi connectivity index (χ4v) is 2.54. The first-order valence-electron chi connectivity index (χ1n) is 4.42. The normalized spacial score (nSPS) is 10.6. The maximum absolute atomic E-state index is 8.68. The standard InChI is InChI=1S/C10H13ClO2S2/c11-10-3-8(4-14-6-12)1-2-9(10)5-15-7-13/h1-3,12-13H,4-7H2. The van der Waals surface area contributed by atoms with E-state index in [-0.39, 0.29) is 11.9 Å². The van der Waals surface area contributed by atoms with Crippen LogP contribution in [0.5, 0.6) is 0 Å². The molecule has 0 spiro atoms. The summed E-state index contributed by atoms with van der Waals surface area (Å²) in [5.41, 5.74) is 2.14. The SMILES string of the molecule is OCSCc1ccc(CSCO)c(Cl)c1. The molecule has 2 nitrogen and oxygen atoms in total. The summed E-state index contributed by atoms with van der Waals surface area (Å²) in [5.74, 6) is 1.73. The van der Waals surface area contributed by atoms with Crippen LogP contribution in [0.3, 0.4) is 0 Å². The number of benzene rings is 1. The first-order chi connectivity index (χ1) is 7.27. The summed E-state index contributed by atoms with van der Waals surface area (Å²) in [4.78, 5) is 0. The minimum atomic E-state index is 0.110. The molecule has 1 aromatic carbocycles. The maximum Gasteiger partial charge on any atom is 0.0889 e. The highest BCUT2D eigenvalue weighted by molar-refractivity contribution is 7.98. The predicted octanol–water partition coefficient (Wildman–Crippen LogP) is 2.71. The van der Waals surface area contributed by atoms with Crippen LogP contribution >= 0.6 is 35.1 Å². The molecule has 0 aliphatic carbocycles. The molecule has 0 aromatic heterocycles. The van der Waals surface area contributed by atoms with Crippen LogP contribution < -0.4 is 0 Å². The highest BCUT2D eigenvalue weighted by Crippen LogP contribution is 2.24. The number of thioether (sulfide) groups is 2. The summed E-state index contributed by atoms with van der Waals surface area (Å²) >= 11 is 8.95. The van der Waals surface area contributed by atoms with Gasteiger partial charge in [-0.1, -0.05) is 23.7 Å². The zero-order chi connectivity index (χ0) is 11.1. The molecule has 0 radical (unpaired) electrons. The van der Waals surface area contributed by atoms with E-state index in [0.29, 0.717) is 0 Å². The Morgan fingerprint density at radius 1 is 1.07 bits per heavy atom. The van der Waals surface area contributed by atoms with E-state index in [1.807, 2.05) is 18.2 Å². The van der Waals surface area contributed by atoms with Gasteiger partial charge in [-0.3, -0.25) is 0 Å². The summed E-state index contributed by atoms with van der Waals surface area (Å²) in [6.07, 6.45) is 0. The molecule has 1 aromatic rings. The molecule has 5 heteroatoms. The van der Waals surface area contributed by atoms with Gasteiger partial charge in [0.25, 0.3) is 0 Å². The molecule has 84 valence electrons. The Kier molecular flexibility index (Phi) is 6.52. The van der Waals surface area contributed by atoms with Gasteiger partial charge in [0.1, 0.15) is 0 Å². The molecule has 0 heterocycles. The Hall–Kier alpha value is 0.130. The first-order valence-corrected chi connectivity index (χ1v) is 7.11. The molecule has 0 fully saturated rings. The van der Waals surface area contributed by atoms with Crippen LogP contribution in [0.25, 0.3) is 0 Å². The number of rotatable bonds is 6. The minimum Gasteiger partial charge on any atom is -0.386 e. The number of hydrogen-bond donors (Lipinski definition) is 2. The summed E-state index contributed by atoms with van der Waals surface area (Å²) < 4.78 is 0. The van der Waals surface area contributed by atoms with Crippen molar-refractivity contribution in [2.75, 3.05) is 11.9 Å². The van der Waals surface area contributed by atoms with Crippen molar-refractivity contribution in [1.82, 2.24) is 0 Å². The zero-order valence-electron chi connectivity index (χ0n) is 8.15. The molecule has 0 atom stereocenters. The summed E-state index contributed by atoms with van der Waals surface area (Å²) in [6, 6.07) is 5.89. The van der Waals surface area contributed by atoms with Crippen molar-refractivity contribution in [3.63, 3.8) is 0 Å². The predicted molar refractivity (Wildman–Crippen MR) is 68.2 cm³/mol. The molecule has 2 N–H and O–H groups in total. The topological polar surface area (TPSA) is 40.5 Å². The van der Waals surface area contributed by atoms with Crippen LogP contribution in [-0.4, -0.2) is 22.1 Å². The Morgan fingerprint density at radius 3 is 2.33 bits per heavy atom. The molecule has 0 aliphatic rings. The van der Waals surface area contributed by atoms with Crippen molar-refractivity contribution in [3.05, 3.63) is 34.3 Å². The molecule has 0 amide bonds. The van der Waals surface area contributed by atoms with Crippen molar-refractivity contribution in [2.45, 2.75) is 11.5 Å². The highest BCUT2D eigenvalue weighted by Gasteiger charge is 2.02. The molecule has 0 unspecified atom stereocenters. The van der Waals surface area contributed by atoms with Gasteiger partial charge < -0.3 is 10.2 Å². The molecule has 0 aliphatic heterocycles. The van der Waals surface area contributed by atoms with Gasteiger partial charge >= 0.3 is 0 Å². The Balaban J connectivity index is 2.61. The van der Waals surface area contributed by atoms with Crippen molar-refractivity contribution < 1.29 is 10.2 Å². The Morgan fingerprint density at radius 2 is 1.73 bits per heavy atom. The van der Waals surface area contributed by atoms with Crippen molar-refractivity contribution in [3.8, 4) is 0 Å². The zero-order valence-corrected chi connectivity index (χ0v) is 10.5. The number of aliphatic hydroxyl groups excluding tert-OH is 2. The molecule has 15 heavy (non-hydrogen) atoms. The third kappa shape index (κ3) is 4.66. The van der Waals surface area contributed by atoms with Gasteiger partial charge in [-0.05, 0) is 17.2 Å². The lowest BCUT2D eigenvalue weighted by atomic mass is 10.2. The largest absolute Gasteiger partial charge is 0.386 e. The van der Waals surface area contributed by atoms with E-state index in [2.05, 4.69) is 0 Å². The number of hydrogen-bond acceptors (Lipinski definition) is 4. The van der Waals surface area contributed by atoms with Crippen molar-refractivity contribution in [1.29, 1.82) is 0 Å². The molecule has 1 rings (SSSR count). The van der Waals surface area contributed by atoms with Gasteiger partial charge in [0.05, 0.1) is 11.9 Å². The van der Waals surface area contributed by atoms with Crippen molar-refractivity contribution in [2.24, 2.45) is 0 Å². The van der Waals surface area contributed by atoms with Crippen LogP contribution in [-0.2, 0) is 11.5 Å². The lowest BCUT2D eigenvalue weighted by molar-refractivity contribution is 0.375. The van der Waals surface area contributed by atoms with Gasteiger partial charge in [0.2, 0.25) is 0 Å². The fourth-order valence-electron chi connectivity index (χ4n) is 1.12. The van der Waals surface area contributed by atoms with E-state index in [1.54, 1.807) is 0 Å². The molecule has 0 saturated carbocycles. The smallest absolute Gasteiger partial charge is 0.0889 e. The molecular formula is C10H13ClO2S2.